The van der Waals surface area contributed by atoms with Gasteiger partial charge in [-0.05, 0) is 37.0 Å². The molecule has 0 heterocycles. The van der Waals surface area contributed by atoms with Crippen LogP contribution in [0, 0.1) is 17.3 Å². The second-order valence-electron chi connectivity index (χ2n) is 5.71. The molecular weight excluding hydrogens is 172 g/mol. The third-order valence-electron chi connectivity index (χ3n) is 3.98. The van der Waals surface area contributed by atoms with Crippen LogP contribution in [0.5, 0.6) is 0 Å². The highest BCUT2D eigenvalue weighted by Crippen LogP contribution is 2.45. The molecule has 1 aliphatic rings. The lowest BCUT2D eigenvalue weighted by atomic mass is 9.62. The highest BCUT2D eigenvalue weighted by molar-refractivity contribution is 5.75. The standard InChI is InChI=1S/C13H24O/c1-10-6-5-9-13(3,4)12(10)8-7-11(2)14/h10,12H,5-9H2,1-4H3/t10-,12-/m1/s1. The van der Waals surface area contributed by atoms with Crippen LogP contribution in [0.2, 0.25) is 0 Å². The quantitative estimate of drug-likeness (QED) is 0.670. The van der Waals surface area contributed by atoms with E-state index in [-0.39, 0.29) is 0 Å². The molecule has 14 heavy (non-hydrogen) atoms. The van der Waals surface area contributed by atoms with Crippen LogP contribution in [0.1, 0.15) is 59.8 Å². The van der Waals surface area contributed by atoms with Gasteiger partial charge in [-0.3, -0.25) is 0 Å². The zero-order valence-electron chi connectivity index (χ0n) is 10.1. The van der Waals surface area contributed by atoms with Crippen LogP contribution in [-0.4, -0.2) is 5.78 Å². The Bertz CT molecular complexity index is 205. The molecule has 0 spiro atoms. The molecule has 0 aromatic heterocycles. The van der Waals surface area contributed by atoms with Crippen LogP contribution in [0.3, 0.4) is 0 Å². The van der Waals surface area contributed by atoms with Gasteiger partial charge in [-0.2, -0.15) is 0 Å². The fourth-order valence-electron chi connectivity index (χ4n) is 3.07. The largest absolute Gasteiger partial charge is 0.300 e. The SMILES string of the molecule is CC(=O)CC[C@@H]1[C@H](C)CCCC1(C)C. The maximum absolute atomic E-state index is 11.0. The molecule has 0 N–H and O–H groups in total. The normalized spacial score (nSPS) is 31.4. The van der Waals surface area contributed by atoms with Crippen LogP contribution in [-0.2, 0) is 4.79 Å². The Labute approximate surface area is 88.3 Å². The minimum atomic E-state index is 0.346. The smallest absolute Gasteiger partial charge is 0.129 e. The zero-order valence-corrected chi connectivity index (χ0v) is 10.1. The molecule has 0 radical (unpaired) electrons. The fourth-order valence-corrected chi connectivity index (χ4v) is 3.07. The third kappa shape index (κ3) is 2.83. The van der Waals surface area contributed by atoms with Crippen molar-refractivity contribution in [3.05, 3.63) is 0 Å². The van der Waals surface area contributed by atoms with Crippen LogP contribution >= 0.6 is 0 Å². The van der Waals surface area contributed by atoms with Crippen LogP contribution < -0.4 is 0 Å². The van der Waals surface area contributed by atoms with Crippen LogP contribution in [0.4, 0.5) is 0 Å². The molecule has 0 aliphatic heterocycles. The topological polar surface area (TPSA) is 17.1 Å². The van der Waals surface area contributed by atoms with E-state index in [1.165, 1.54) is 19.3 Å². The molecule has 0 saturated heterocycles. The van der Waals surface area contributed by atoms with E-state index in [9.17, 15) is 4.79 Å². The lowest BCUT2D eigenvalue weighted by Crippen LogP contribution is -2.33. The van der Waals surface area contributed by atoms with E-state index in [2.05, 4.69) is 20.8 Å². The van der Waals surface area contributed by atoms with Crippen molar-refractivity contribution in [1.82, 2.24) is 0 Å². The van der Waals surface area contributed by atoms with Crippen LogP contribution in [0.25, 0.3) is 0 Å². The van der Waals surface area contributed by atoms with Crippen molar-refractivity contribution >= 4 is 5.78 Å². The molecule has 82 valence electrons. The van der Waals surface area contributed by atoms with Gasteiger partial charge >= 0.3 is 0 Å². The van der Waals surface area contributed by atoms with Gasteiger partial charge in [-0.25, -0.2) is 0 Å². The van der Waals surface area contributed by atoms with E-state index in [1.807, 2.05) is 0 Å². The molecule has 1 nitrogen and oxygen atoms in total. The van der Waals surface area contributed by atoms with E-state index < -0.39 is 0 Å². The van der Waals surface area contributed by atoms with E-state index in [0.29, 0.717) is 11.2 Å². The number of ketones is 1. The van der Waals surface area contributed by atoms with Gasteiger partial charge in [-0.15, -0.1) is 0 Å². The van der Waals surface area contributed by atoms with E-state index in [0.717, 1.165) is 24.7 Å². The number of carbonyl (C=O) groups excluding carboxylic acids is 1. The lowest BCUT2D eigenvalue weighted by molar-refractivity contribution is -0.117. The summed E-state index contributed by atoms with van der Waals surface area (Å²) >= 11 is 0. The highest BCUT2D eigenvalue weighted by Gasteiger charge is 2.36. The predicted octanol–water partition coefficient (Wildman–Crippen LogP) is 3.82. The molecule has 0 bridgehead atoms. The van der Waals surface area contributed by atoms with Crippen molar-refractivity contribution in [2.75, 3.05) is 0 Å². The highest BCUT2D eigenvalue weighted by atomic mass is 16.1. The molecule has 0 aromatic carbocycles. The summed E-state index contributed by atoms with van der Waals surface area (Å²) in [6.45, 7) is 8.80. The third-order valence-corrected chi connectivity index (χ3v) is 3.98. The van der Waals surface area contributed by atoms with Gasteiger partial charge in [0.05, 0.1) is 0 Å². The molecule has 1 rings (SSSR count). The summed E-state index contributed by atoms with van der Waals surface area (Å²) in [6.07, 6.45) is 5.93. The molecular formula is C13H24O. The van der Waals surface area contributed by atoms with Crippen molar-refractivity contribution in [3.8, 4) is 0 Å². The molecule has 0 amide bonds. The summed E-state index contributed by atoms with van der Waals surface area (Å²) in [4.78, 5) is 11.0. The summed E-state index contributed by atoms with van der Waals surface area (Å²) in [5.74, 6) is 1.90. The van der Waals surface area contributed by atoms with E-state index >= 15 is 0 Å². The number of hydrogen-bond donors (Lipinski definition) is 0. The zero-order chi connectivity index (χ0) is 10.8. The summed E-state index contributed by atoms with van der Waals surface area (Å²) < 4.78 is 0. The Morgan fingerprint density at radius 1 is 1.43 bits per heavy atom. The summed E-state index contributed by atoms with van der Waals surface area (Å²) in [5.41, 5.74) is 0.452. The molecule has 1 fully saturated rings. The maximum atomic E-state index is 11.0. The first-order chi connectivity index (χ1) is 6.43. The molecule has 1 aliphatic carbocycles. The van der Waals surface area contributed by atoms with Gasteiger partial charge < -0.3 is 4.79 Å². The predicted molar refractivity (Wildman–Crippen MR) is 60.2 cm³/mol. The van der Waals surface area contributed by atoms with E-state index in [1.54, 1.807) is 6.92 Å². The first kappa shape index (κ1) is 11.7. The fraction of sp³-hybridized carbons (Fsp3) is 0.923. The Kier molecular flexibility index (Phi) is 3.74. The molecule has 0 aromatic rings. The Balaban J connectivity index is 2.56. The molecule has 1 heteroatoms. The van der Waals surface area contributed by atoms with Gasteiger partial charge in [-0.1, -0.05) is 33.6 Å². The lowest BCUT2D eigenvalue weighted by Gasteiger charge is -2.43. The first-order valence-electron chi connectivity index (χ1n) is 5.93. The molecule has 1 saturated carbocycles. The molecule has 0 unspecified atom stereocenters. The Morgan fingerprint density at radius 2 is 2.07 bits per heavy atom. The molecule has 2 atom stereocenters. The summed E-state index contributed by atoms with van der Waals surface area (Å²) in [7, 11) is 0. The minimum Gasteiger partial charge on any atom is -0.300 e. The van der Waals surface area contributed by atoms with Crippen molar-refractivity contribution < 1.29 is 4.79 Å². The second-order valence-corrected chi connectivity index (χ2v) is 5.71. The van der Waals surface area contributed by atoms with Gasteiger partial charge in [0.1, 0.15) is 5.78 Å². The number of rotatable bonds is 3. The van der Waals surface area contributed by atoms with Gasteiger partial charge in [0.2, 0.25) is 0 Å². The maximum Gasteiger partial charge on any atom is 0.129 e. The van der Waals surface area contributed by atoms with Gasteiger partial charge in [0.15, 0.2) is 0 Å². The average Bonchev–Trinajstić information content (AvgIpc) is 2.01. The van der Waals surface area contributed by atoms with Crippen LogP contribution in [0.15, 0.2) is 0 Å². The number of carbonyl (C=O) groups is 1. The van der Waals surface area contributed by atoms with E-state index in [4.69, 9.17) is 0 Å². The number of Topliss-reactive ketones (excluding diaryl/α,β-unsaturated/α-hetero) is 1. The Morgan fingerprint density at radius 3 is 2.57 bits per heavy atom. The van der Waals surface area contributed by atoms with Crippen molar-refractivity contribution in [3.63, 3.8) is 0 Å². The Hall–Kier alpha value is -0.330. The number of hydrogen-bond acceptors (Lipinski definition) is 1. The minimum absolute atomic E-state index is 0.346. The second kappa shape index (κ2) is 4.46. The van der Waals surface area contributed by atoms with Crippen molar-refractivity contribution in [2.45, 2.75) is 59.8 Å². The monoisotopic (exact) mass is 196 g/mol. The first-order valence-corrected chi connectivity index (χ1v) is 5.93. The van der Waals surface area contributed by atoms with Gasteiger partial charge in [0, 0.05) is 6.42 Å². The van der Waals surface area contributed by atoms with Crippen molar-refractivity contribution in [1.29, 1.82) is 0 Å². The van der Waals surface area contributed by atoms with Crippen molar-refractivity contribution in [2.24, 2.45) is 17.3 Å². The van der Waals surface area contributed by atoms with Gasteiger partial charge in [0.25, 0.3) is 0 Å². The summed E-state index contributed by atoms with van der Waals surface area (Å²) in [5, 5.41) is 0. The summed E-state index contributed by atoms with van der Waals surface area (Å²) in [6, 6.07) is 0. The average molecular weight is 196 g/mol.